The SMILES string of the molecule is CC(F)(F)Cc1ccccc1C(N)CC(=O)O. The molecule has 0 aliphatic rings. The van der Waals surface area contributed by atoms with Crippen LogP contribution < -0.4 is 5.73 Å². The fourth-order valence-corrected chi connectivity index (χ4v) is 1.69. The molecule has 0 saturated carbocycles. The van der Waals surface area contributed by atoms with Crippen LogP contribution in [0.2, 0.25) is 0 Å². The first-order chi connectivity index (χ1) is 7.79. The summed E-state index contributed by atoms with van der Waals surface area (Å²) in [6.07, 6.45) is -0.706. The van der Waals surface area contributed by atoms with E-state index in [0.29, 0.717) is 11.1 Å². The molecule has 1 rings (SSSR count). The van der Waals surface area contributed by atoms with Crippen molar-refractivity contribution < 1.29 is 18.7 Å². The van der Waals surface area contributed by atoms with Gasteiger partial charge in [0.1, 0.15) is 0 Å². The van der Waals surface area contributed by atoms with E-state index in [4.69, 9.17) is 10.8 Å². The number of hydrogen-bond donors (Lipinski definition) is 2. The normalized spacial score (nSPS) is 13.4. The van der Waals surface area contributed by atoms with Crippen LogP contribution in [0.3, 0.4) is 0 Å². The second-order valence-corrected chi connectivity index (χ2v) is 4.15. The smallest absolute Gasteiger partial charge is 0.305 e. The largest absolute Gasteiger partial charge is 0.481 e. The number of carbonyl (C=O) groups is 1. The quantitative estimate of drug-likeness (QED) is 0.834. The van der Waals surface area contributed by atoms with Gasteiger partial charge in [-0.2, -0.15) is 0 Å². The molecule has 0 radical (unpaired) electrons. The number of aliphatic carboxylic acids is 1. The fraction of sp³-hybridized carbons (Fsp3) is 0.417. The number of carboxylic acids is 1. The van der Waals surface area contributed by atoms with Crippen LogP contribution in [-0.4, -0.2) is 17.0 Å². The Morgan fingerprint density at radius 2 is 2.06 bits per heavy atom. The number of alkyl halides is 2. The summed E-state index contributed by atoms with van der Waals surface area (Å²) in [7, 11) is 0. The molecular weight excluding hydrogens is 228 g/mol. The number of halogens is 2. The van der Waals surface area contributed by atoms with Gasteiger partial charge in [-0.15, -0.1) is 0 Å². The molecule has 0 amide bonds. The van der Waals surface area contributed by atoms with Crippen molar-refractivity contribution in [3.05, 3.63) is 35.4 Å². The van der Waals surface area contributed by atoms with Gasteiger partial charge in [0.2, 0.25) is 5.92 Å². The Bertz CT molecular complexity index is 402. The van der Waals surface area contributed by atoms with E-state index in [0.717, 1.165) is 6.92 Å². The lowest BCUT2D eigenvalue weighted by Gasteiger charge is -2.17. The van der Waals surface area contributed by atoms with Crippen molar-refractivity contribution in [1.82, 2.24) is 0 Å². The molecule has 0 fully saturated rings. The summed E-state index contributed by atoms with van der Waals surface area (Å²) in [6.45, 7) is 0.826. The third-order valence-electron chi connectivity index (χ3n) is 2.35. The number of hydrogen-bond acceptors (Lipinski definition) is 2. The number of nitrogens with two attached hydrogens (primary N) is 1. The van der Waals surface area contributed by atoms with Crippen LogP contribution in [0.5, 0.6) is 0 Å². The van der Waals surface area contributed by atoms with Crippen molar-refractivity contribution in [3.8, 4) is 0 Å². The molecular formula is C12H15F2NO2. The highest BCUT2D eigenvalue weighted by molar-refractivity contribution is 5.68. The zero-order chi connectivity index (χ0) is 13.1. The van der Waals surface area contributed by atoms with Gasteiger partial charge in [-0.25, -0.2) is 8.78 Å². The molecule has 0 aromatic heterocycles. The zero-order valence-corrected chi connectivity index (χ0v) is 9.49. The van der Waals surface area contributed by atoms with Crippen LogP contribution in [-0.2, 0) is 11.2 Å². The minimum Gasteiger partial charge on any atom is -0.481 e. The maximum absolute atomic E-state index is 13.0. The van der Waals surface area contributed by atoms with Crippen LogP contribution in [0.25, 0.3) is 0 Å². The molecule has 0 aliphatic heterocycles. The summed E-state index contributed by atoms with van der Waals surface area (Å²) in [5.41, 5.74) is 6.56. The van der Waals surface area contributed by atoms with E-state index in [2.05, 4.69) is 0 Å². The zero-order valence-electron chi connectivity index (χ0n) is 9.49. The average molecular weight is 243 g/mol. The Morgan fingerprint density at radius 3 is 2.59 bits per heavy atom. The van der Waals surface area contributed by atoms with Crippen molar-refractivity contribution in [2.24, 2.45) is 5.73 Å². The standard InChI is InChI=1S/C12H15F2NO2/c1-12(13,14)7-8-4-2-3-5-9(8)10(15)6-11(16)17/h2-5,10H,6-7,15H2,1H3,(H,16,17). The predicted octanol–water partition coefficient (Wildman–Crippen LogP) is 2.36. The summed E-state index contributed by atoms with van der Waals surface area (Å²) in [6, 6.07) is 5.68. The lowest BCUT2D eigenvalue weighted by Crippen LogP contribution is -2.20. The van der Waals surface area contributed by atoms with Gasteiger partial charge in [0, 0.05) is 12.5 Å². The molecule has 17 heavy (non-hydrogen) atoms. The van der Waals surface area contributed by atoms with Gasteiger partial charge in [0.15, 0.2) is 0 Å². The number of benzene rings is 1. The van der Waals surface area contributed by atoms with E-state index < -0.39 is 24.4 Å². The second-order valence-electron chi connectivity index (χ2n) is 4.15. The Kier molecular flexibility index (Phi) is 4.17. The number of rotatable bonds is 5. The molecule has 1 atom stereocenters. The maximum atomic E-state index is 13.0. The van der Waals surface area contributed by atoms with Gasteiger partial charge in [-0.1, -0.05) is 24.3 Å². The topological polar surface area (TPSA) is 63.3 Å². The summed E-state index contributed by atoms with van der Waals surface area (Å²) in [5.74, 6) is -3.88. The van der Waals surface area contributed by atoms with Crippen LogP contribution in [0.15, 0.2) is 24.3 Å². The summed E-state index contributed by atoms with van der Waals surface area (Å²) in [4.78, 5) is 10.6. The second kappa shape index (κ2) is 5.23. The van der Waals surface area contributed by atoms with Gasteiger partial charge < -0.3 is 10.8 Å². The molecule has 1 aromatic rings. The lowest BCUT2D eigenvalue weighted by atomic mass is 9.95. The van der Waals surface area contributed by atoms with Crippen molar-refractivity contribution in [1.29, 1.82) is 0 Å². The third-order valence-corrected chi connectivity index (χ3v) is 2.35. The first kappa shape index (κ1) is 13.6. The molecule has 94 valence electrons. The van der Waals surface area contributed by atoms with E-state index in [1.807, 2.05) is 0 Å². The molecule has 0 saturated heterocycles. The maximum Gasteiger partial charge on any atom is 0.305 e. The highest BCUT2D eigenvalue weighted by atomic mass is 19.3. The Morgan fingerprint density at radius 1 is 1.47 bits per heavy atom. The molecule has 0 aliphatic carbocycles. The van der Waals surface area contributed by atoms with Crippen molar-refractivity contribution in [2.75, 3.05) is 0 Å². The van der Waals surface area contributed by atoms with E-state index in [1.165, 1.54) is 0 Å². The van der Waals surface area contributed by atoms with Crippen molar-refractivity contribution in [3.63, 3.8) is 0 Å². The molecule has 0 spiro atoms. The molecule has 3 nitrogen and oxygen atoms in total. The molecule has 1 unspecified atom stereocenters. The predicted molar refractivity (Wildman–Crippen MR) is 59.9 cm³/mol. The molecule has 5 heteroatoms. The average Bonchev–Trinajstić information content (AvgIpc) is 2.14. The lowest BCUT2D eigenvalue weighted by molar-refractivity contribution is -0.137. The van der Waals surface area contributed by atoms with Gasteiger partial charge >= 0.3 is 5.97 Å². The summed E-state index contributed by atoms with van der Waals surface area (Å²) in [5, 5.41) is 8.64. The van der Waals surface area contributed by atoms with E-state index >= 15 is 0 Å². The Hall–Kier alpha value is -1.49. The third kappa shape index (κ3) is 4.48. The van der Waals surface area contributed by atoms with E-state index in [-0.39, 0.29) is 6.42 Å². The molecule has 0 bridgehead atoms. The van der Waals surface area contributed by atoms with E-state index in [9.17, 15) is 13.6 Å². The van der Waals surface area contributed by atoms with Gasteiger partial charge in [-0.05, 0) is 18.1 Å². The highest BCUT2D eigenvalue weighted by Gasteiger charge is 2.24. The number of carboxylic acid groups (broad SMARTS) is 1. The highest BCUT2D eigenvalue weighted by Crippen LogP contribution is 2.25. The molecule has 3 N–H and O–H groups in total. The Balaban J connectivity index is 2.95. The van der Waals surface area contributed by atoms with Gasteiger partial charge in [0.25, 0.3) is 0 Å². The minimum absolute atomic E-state index is 0.272. The molecule has 1 aromatic carbocycles. The summed E-state index contributed by atoms with van der Waals surface area (Å²) < 4.78 is 25.9. The Labute approximate surface area is 98.2 Å². The van der Waals surface area contributed by atoms with E-state index in [1.54, 1.807) is 24.3 Å². The van der Waals surface area contributed by atoms with Crippen LogP contribution >= 0.6 is 0 Å². The fourth-order valence-electron chi connectivity index (χ4n) is 1.69. The summed E-state index contributed by atoms with van der Waals surface area (Å²) >= 11 is 0. The first-order valence-corrected chi connectivity index (χ1v) is 5.22. The van der Waals surface area contributed by atoms with Crippen LogP contribution in [0.1, 0.15) is 30.5 Å². The monoisotopic (exact) mass is 243 g/mol. The van der Waals surface area contributed by atoms with Crippen molar-refractivity contribution in [2.45, 2.75) is 31.7 Å². The van der Waals surface area contributed by atoms with Crippen LogP contribution in [0.4, 0.5) is 8.78 Å². The van der Waals surface area contributed by atoms with Gasteiger partial charge in [-0.3, -0.25) is 4.79 Å². The van der Waals surface area contributed by atoms with Crippen molar-refractivity contribution >= 4 is 5.97 Å². The van der Waals surface area contributed by atoms with Gasteiger partial charge in [0.05, 0.1) is 6.42 Å². The molecule has 0 heterocycles. The minimum atomic E-state index is -2.83. The van der Waals surface area contributed by atoms with Crippen LogP contribution in [0, 0.1) is 0 Å². The first-order valence-electron chi connectivity index (χ1n) is 5.22.